The van der Waals surface area contributed by atoms with E-state index in [4.69, 9.17) is 3.07 Å². The first-order valence-electron chi connectivity index (χ1n) is 3.77. The Morgan fingerprint density at radius 3 is 3.00 bits per heavy atom. The highest BCUT2D eigenvalue weighted by Gasteiger charge is 2.34. The van der Waals surface area contributed by atoms with Gasteiger partial charge in [0.05, 0.1) is 6.61 Å². The molecule has 11 heavy (non-hydrogen) atoms. The van der Waals surface area contributed by atoms with Crippen LogP contribution in [0, 0.1) is 0 Å². The third-order valence-electron chi connectivity index (χ3n) is 2.03. The van der Waals surface area contributed by atoms with E-state index in [2.05, 4.69) is 0 Å². The van der Waals surface area contributed by atoms with Crippen LogP contribution >= 0.6 is 23.0 Å². The minimum absolute atomic E-state index is 0.220. The van der Waals surface area contributed by atoms with Gasteiger partial charge in [-0.25, -0.2) is 4.39 Å². The number of hydrogen-bond acceptors (Lipinski definition) is 2. The Morgan fingerprint density at radius 2 is 2.45 bits per heavy atom. The van der Waals surface area contributed by atoms with Crippen LogP contribution in [-0.4, -0.2) is 37.3 Å². The van der Waals surface area contributed by atoms with Crippen molar-refractivity contribution < 1.29 is 7.46 Å². The van der Waals surface area contributed by atoms with Gasteiger partial charge in [0.25, 0.3) is 0 Å². The molecule has 1 aliphatic heterocycles. The van der Waals surface area contributed by atoms with Gasteiger partial charge in [-0.05, 0) is 26.4 Å². The molecule has 0 aromatic carbocycles. The highest BCUT2D eigenvalue weighted by atomic mass is 127. The van der Waals surface area contributed by atoms with Crippen molar-refractivity contribution >= 4 is 23.0 Å². The van der Waals surface area contributed by atoms with Crippen LogP contribution in [0.25, 0.3) is 0 Å². The topological polar surface area (TPSA) is 12.5 Å². The van der Waals surface area contributed by atoms with Crippen molar-refractivity contribution in [3.05, 3.63) is 0 Å². The second kappa shape index (κ2) is 4.00. The van der Waals surface area contributed by atoms with Gasteiger partial charge in [-0.2, -0.15) is 0 Å². The second-order valence-electron chi connectivity index (χ2n) is 3.25. The fourth-order valence-electron chi connectivity index (χ4n) is 1.52. The van der Waals surface area contributed by atoms with Crippen molar-refractivity contribution in [3.8, 4) is 0 Å². The van der Waals surface area contributed by atoms with Crippen molar-refractivity contribution in [2.45, 2.75) is 18.5 Å². The predicted octanol–water partition coefficient (Wildman–Crippen LogP) is 1.79. The Bertz CT molecular complexity index is 132. The zero-order chi connectivity index (χ0) is 8.32. The van der Waals surface area contributed by atoms with Gasteiger partial charge in [0.15, 0.2) is 0 Å². The fraction of sp³-hybridized carbons (Fsp3) is 1.00. The largest absolute Gasteiger partial charge is 0.312 e. The monoisotopic (exact) mass is 273 g/mol. The van der Waals surface area contributed by atoms with Gasteiger partial charge in [0, 0.05) is 6.54 Å². The van der Waals surface area contributed by atoms with Gasteiger partial charge >= 0.3 is 0 Å². The van der Waals surface area contributed by atoms with E-state index >= 15 is 0 Å². The highest BCUT2D eigenvalue weighted by molar-refractivity contribution is 14.1. The van der Waals surface area contributed by atoms with Crippen LogP contribution in [0.3, 0.4) is 0 Å². The van der Waals surface area contributed by atoms with E-state index in [1.807, 2.05) is 11.9 Å². The summed E-state index contributed by atoms with van der Waals surface area (Å²) in [7, 11) is 1.95. The Hall–Kier alpha value is 0.580. The van der Waals surface area contributed by atoms with Crippen LogP contribution in [0.4, 0.5) is 4.39 Å². The first kappa shape index (κ1) is 9.67. The Balaban J connectivity index is 2.41. The number of likely N-dealkylation sites (tertiary alicyclic amines) is 1. The summed E-state index contributed by atoms with van der Waals surface area (Å²) in [6.45, 7) is 1.74. The van der Waals surface area contributed by atoms with Crippen LogP contribution in [0.1, 0.15) is 12.8 Å². The molecule has 1 aliphatic rings. The molecule has 0 aromatic heterocycles. The summed E-state index contributed by atoms with van der Waals surface area (Å²) >= 11 is 1.75. The standard InChI is InChI=1S/C7H13FINO/c1-10-4-2-3-7(8,5-10)6-11-9/h2-6H2,1H3/t7-/m1/s1. The quantitative estimate of drug-likeness (QED) is 0.711. The normalized spacial score (nSPS) is 34.1. The number of hydrogen-bond donors (Lipinski definition) is 0. The predicted molar refractivity (Wildman–Crippen MR) is 50.5 cm³/mol. The lowest BCUT2D eigenvalue weighted by Gasteiger charge is -2.34. The van der Waals surface area contributed by atoms with E-state index in [0.717, 1.165) is 13.0 Å². The molecule has 0 saturated carbocycles. The third kappa shape index (κ3) is 2.83. The lowest BCUT2D eigenvalue weighted by atomic mass is 9.96. The maximum atomic E-state index is 13.7. The zero-order valence-corrected chi connectivity index (χ0v) is 8.80. The smallest absolute Gasteiger partial charge is 0.147 e. The molecule has 1 atom stereocenters. The van der Waals surface area contributed by atoms with Crippen LogP contribution in [0.2, 0.25) is 0 Å². The fourth-order valence-corrected chi connectivity index (χ4v) is 2.08. The molecule has 0 N–H and O–H groups in total. The molecule has 4 heteroatoms. The summed E-state index contributed by atoms with van der Waals surface area (Å²) in [5, 5.41) is 0. The Labute approximate surface area is 80.8 Å². The van der Waals surface area contributed by atoms with Crippen molar-refractivity contribution in [2.24, 2.45) is 0 Å². The molecule has 0 unspecified atom stereocenters. The molecule has 0 aromatic rings. The molecule has 0 aliphatic carbocycles. The summed E-state index contributed by atoms with van der Waals surface area (Å²) in [6, 6.07) is 0. The summed E-state index contributed by atoms with van der Waals surface area (Å²) in [5.41, 5.74) is -1.10. The first-order valence-corrected chi connectivity index (χ1v) is 4.65. The van der Waals surface area contributed by atoms with Gasteiger partial charge in [-0.1, -0.05) is 0 Å². The molecule has 0 amide bonds. The zero-order valence-electron chi connectivity index (χ0n) is 6.65. The van der Waals surface area contributed by atoms with E-state index < -0.39 is 5.67 Å². The maximum absolute atomic E-state index is 13.7. The van der Waals surface area contributed by atoms with Crippen LogP contribution < -0.4 is 0 Å². The molecular weight excluding hydrogens is 260 g/mol. The number of nitrogens with zero attached hydrogens (tertiary/aromatic N) is 1. The van der Waals surface area contributed by atoms with Gasteiger partial charge < -0.3 is 7.97 Å². The first-order chi connectivity index (χ1) is 5.16. The Kier molecular flexibility index (Phi) is 3.52. The van der Waals surface area contributed by atoms with Crippen LogP contribution in [0.5, 0.6) is 0 Å². The van der Waals surface area contributed by atoms with E-state index in [-0.39, 0.29) is 6.61 Å². The third-order valence-corrected chi connectivity index (χ3v) is 2.34. The van der Waals surface area contributed by atoms with Crippen LogP contribution in [0.15, 0.2) is 0 Å². The van der Waals surface area contributed by atoms with Crippen molar-refractivity contribution in [2.75, 3.05) is 26.7 Å². The number of piperidine rings is 1. The molecule has 1 rings (SSSR count). The Morgan fingerprint density at radius 1 is 1.73 bits per heavy atom. The lowest BCUT2D eigenvalue weighted by molar-refractivity contribution is 0.0290. The lowest BCUT2D eigenvalue weighted by Crippen LogP contribution is -2.45. The van der Waals surface area contributed by atoms with E-state index in [1.165, 1.54) is 0 Å². The summed E-state index contributed by atoms with van der Waals surface area (Å²) in [5.74, 6) is 0. The molecule has 0 radical (unpaired) electrons. The number of halogens is 2. The van der Waals surface area contributed by atoms with Crippen molar-refractivity contribution in [3.63, 3.8) is 0 Å². The molecule has 1 saturated heterocycles. The van der Waals surface area contributed by atoms with Crippen molar-refractivity contribution in [1.82, 2.24) is 4.90 Å². The van der Waals surface area contributed by atoms with Crippen molar-refractivity contribution in [1.29, 1.82) is 0 Å². The summed E-state index contributed by atoms with van der Waals surface area (Å²) < 4.78 is 18.5. The molecule has 1 fully saturated rings. The van der Waals surface area contributed by atoms with Crippen LogP contribution in [-0.2, 0) is 3.07 Å². The van der Waals surface area contributed by atoms with Gasteiger partial charge in [0.2, 0.25) is 0 Å². The minimum atomic E-state index is -1.10. The number of alkyl halides is 1. The molecule has 1 heterocycles. The maximum Gasteiger partial charge on any atom is 0.147 e. The molecule has 66 valence electrons. The van der Waals surface area contributed by atoms with Gasteiger partial charge in [0.1, 0.15) is 28.7 Å². The minimum Gasteiger partial charge on any atom is -0.312 e. The molecule has 0 spiro atoms. The second-order valence-corrected chi connectivity index (χ2v) is 3.87. The molecular formula is C7H13FINO. The van der Waals surface area contributed by atoms with E-state index in [9.17, 15) is 4.39 Å². The average Bonchev–Trinajstić information content (AvgIpc) is 1.86. The molecule has 2 nitrogen and oxygen atoms in total. The number of rotatable bonds is 2. The van der Waals surface area contributed by atoms with E-state index in [1.54, 1.807) is 23.0 Å². The highest BCUT2D eigenvalue weighted by Crippen LogP contribution is 2.25. The summed E-state index contributed by atoms with van der Waals surface area (Å²) in [6.07, 6.45) is 1.58. The van der Waals surface area contributed by atoms with E-state index in [0.29, 0.717) is 13.0 Å². The average molecular weight is 273 g/mol. The van der Waals surface area contributed by atoms with Gasteiger partial charge in [-0.15, -0.1) is 0 Å². The summed E-state index contributed by atoms with van der Waals surface area (Å²) in [4.78, 5) is 2.01. The SMILES string of the molecule is CN1CCC[C@](F)(COI)C1. The molecule has 0 bridgehead atoms. The van der Waals surface area contributed by atoms with Gasteiger partial charge in [-0.3, -0.25) is 0 Å².